The predicted molar refractivity (Wildman–Crippen MR) is 152 cm³/mol. The van der Waals surface area contributed by atoms with Crippen molar-refractivity contribution in [2.45, 2.75) is 128 Å². The Morgan fingerprint density at radius 1 is 0.833 bits per heavy atom. The van der Waals surface area contributed by atoms with Crippen LogP contribution in [-0.4, -0.2) is 46.5 Å². The first-order valence-electron chi connectivity index (χ1n) is 14.1. The third-order valence-corrected chi connectivity index (χ3v) is 7.24. The van der Waals surface area contributed by atoms with Gasteiger partial charge in [0.15, 0.2) is 0 Å². The fraction of sp³-hybridized carbons (Fsp3) is 0.724. The first-order valence-corrected chi connectivity index (χ1v) is 15.1. The predicted octanol–water partition coefficient (Wildman–Crippen LogP) is 6.69. The fourth-order valence-electron chi connectivity index (χ4n) is 4.10. The van der Waals surface area contributed by atoms with Gasteiger partial charge in [0.05, 0.1) is 17.9 Å². The quantitative estimate of drug-likeness (QED) is 0.106. The van der Waals surface area contributed by atoms with E-state index in [1.165, 1.54) is 19.3 Å². The summed E-state index contributed by atoms with van der Waals surface area (Å²) in [7, 11) is 0. The van der Waals surface area contributed by atoms with Crippen molar-refractivity contribution in [3.05, 3.63) is 23.8 Å². The Morgan fingerprint density at radius 3 is 2.06 bits per heavy atom. The van der Waals surface area contributed by atoms with Crippen molar-refractivity contribution in [1.29, 1.82) is 0 Å². The first kappa shape index (κ1) is 32.5. The maximum Gasteiger partial charge on any atom is 0.251 e. The van der Waals surface area contributed by atoms with E-state index in [2.05, 4.69) is 31.4 Å². The van der Waals surface area contributed by atoms with Crippen molar-refractivity contribution in [1.82, 2.24) is 5.32 Å². The largest absolute Gasteiger partial charge is 0.393 e. The average molecular weight is 523 g/mol. The number of hydrogen-bond donors (Lipinski definition) is 4. The number of aliphatic hydroxyl groups excluding tert-OH is 2. The van der Waals surface area contributed by atoms with Crippen molar-refractivity contribution in [2.75, 3.05) is 17.6 Å². The molecule has 0 radical (unpaired) electrons. The highest BCUT2D eigenvalue weighted by atomic mass is 32.2. The number of anilines is 1. The molecule has 1 aromatic rings. The summed E-state index contributed by atoms with van der Waals surface area (Å²) in [4.78, 5) is 25.9. The second-order valence-electron chi connectivity index (χ2n) is 9.64. The molecule has 0 aliphatic carbocycles. The highest BCUT2D eigenvalue weighted by Gasteiger charge is 2.13. The first-order chi connectivity index (χ1) is 17.4. The fourth-order valence-corrected chi connectivity index (χ4v) is 4.84. The zero-order chi connectivity index (χ0) is 26.6. The van der Waals surface area contributed by atoms with Gasteiger partial charge in [0.1, 0.15) is 0 Å². The van der Waals surface area contributed by atoms with Gasteiger partial charge < -0.3 is 20.8 Å². The summed E-state index contributed by atoms with van der Waals surface area (Å²) < 4.78 is 0. The van der Waals surface area contributed by atoms with Crippen molar-refractivity contribution in [3.63, 3.8) is 0 Å². The van der Waals surface area contributed by atoms with Crippen LogP contribution in [0.1, 0.15) is 121 Å². The third-order valence-electron chi connectivity index (χ3n) is 6.29. The minimum atomic E-state index is -0.416. The molecule has 0 saturated carbocycles. The standard InChI is InChI=1S/C29H50N2O4S/c1-4-7-9-10-14-24(32)15-11-12-16-25(33)17-13-18-28(34)31-26-22-23(19-20-27(26)36-6-3)29(35)30-21-8-5-2/h19-20,22,24-25,32-33H,4-18,21H2,1-3H3,(H,30,35)(H,31,34). The van der Waals surface area contributed by atoms with Crippen LogP contribution in [0, 0.1) is 0 Å². The van der Waals surface area contributed by atoms with Gasteiger partial charge in [-0.05, 0) is 62.5 Å². The lowest BCUT2D eigenvalue weighted by Gasteiger charge is -2.14. The number of carbonyl (C=O) groups is 2. The van der Waals surface area contributed by atoms with E-state index < -0.39 is 6.10 Å². The second-order valence-corrected chi connectivity index (χ2v) is 10.9. The summed E-state index contributed by atoms with van der Waals surface area (Å²) in [6, 6.07) is 5.45. The molecular weight excluding hydrogens is 472 g/mol. The van der Waals surface area contributed by atoms with Gasteiger partial charge in [0.2, 0.25) is 5.91 Å². The lowest BCUT2D eigenvalue weighted by atomic mass is 10.0. The van der Waals surface area contributed by atoms with Crippen molar-refractivity contribution in [2.24, 2.45) is 0 Å². The van der Waals surface area contributed by atoms with E-state index in [1.54, 1.807) is 23.9 Å². The molecule has 0 aliphatic rings. The molecule has 2 amide bonds. The monoisotopic (exact) mass is 522 g/mol. The smallest absolute Gasteiger partial charge is 0.251 e. The van der Waals surface area contributed by atoms with E-state index in [-0.39, 0.29) is 17.9 Å². The third kappa shape index (κ3) is 14.9. The number of carbonyl (C=O) groups excluding carboxylic acids is 2. The number of aliphatic hydroxyl groups is 2. The van der Waals surface area contributed by atoms with Gasteiger partial charge >= 0.3 is 0 Å². The molecular formula is C29H50N2O4S. The van der Waals surface area contributed by atoms with Crippen LogP contribution in [0.25, 0.3) is 0 Å². The normalized spacial score (nSPS) is 12.8. The molecule has 0 fully saturated rings. The molecule has 36 heavy (non-hydrogen) atoms. The Bertz CT molecular complexity index is 744. The summed E-state index contributed by atoms with van der Waals surface area (Å²) in [5.41, 5.74) is 1.21. The van der Waals surface area contributed by atoms with E-state index >= 15 is 0 Å². The van der Waals surface area contributed by atoms with Crippen LogP contribution in [0.5, 0.6) is 0 Å². The summed E-state index contributed by atoms with van der Waals surface area (Å²) in [6.07, 6.45) is 11.8. The SMILES string of the molecule is CCCCCCC(O)CCCCC(O)CCCC(=O)Nc1cc(C(=O)NCCCC)ccc1SCC. The number of hydrogen-bond acceptors (Lipinski definition) is 5. The molecule has 0 spiro atoms. The van der Waals surface area contributed by atoms with Gasteiger partial charge in [0.25, 0.3) is 5.91 Å². The van der Waals surface area contributed by atoms with E-state index in [0.29, 0.717) is 43.5 Å². The second kappa shape index (κ2) is 20.5. The van der Waals surface area contributed by atoms with Crippen LogP contribution in [0.3, 0.4) is 0 Å². The van der Waals surface area contributed by atoms with E-state index in [0.717, 1.165) is 55.6 Å². The highest BCUT2D eigenvalue weighted by Crippen LogP contribution is 2.28. The number of unbranched alkanes of at least 4 members (excludes halogenated alkanes) is 5. The number of nitrogens with one attached hydrogen (secondary N) is 2. The average Bonchev–Trinajstić information content (AvgIpc) is 2.85. The van der Waals surface area contributed by atoms with Gasteiger partial charge in [-0.2, -0.15) is 0 Å². The van der Waals surface area contributed by atoms with Crippen molar-refractivity contribution in [3.8, 4) is 0 Å². The van der Waals surface area contributed by atoms with Gasteiger partial charge in [-0.25, -0.2) is 0 Å². The zero-order valence-electron chi connectivity index (χ0n) is 22.8. The zero-order valence-corrected chi connectivity index (χ0v) is 23.6. The number of rotatable bonds is 21. The van der Waals surface area contributed by atoms with Crippen molar-refractivity contribution < 1.29 is 19.8 Å². The molecule has 0 heterocycles. The van der Waals surface area contributed by atoms with Crippen LogP contribution in [-0.2, 0) is 4.79 Å². The number of benzene rings is 1. The molecule has 0 aliphatic heterocycles. The topological polar surface area (TPSA) is 98.7 Å². The maximum atomic E-state index is 12.6. The van der Waals surface area contributed by atoms with Crippen LogP contribution >= 0.6 is 11.8 Å². The van der Waals surface area contributed by atoms with Gasteiger partial charge in [-0.15, -0.1) is 11.8 Å². The Balaban J connectivity index is 2.37. The summed E-state index contributed by atoms with van der Waals surface area (Å²) in [5.74, 6) is 0.640. The van der Waals surface area contributed by atoms with Gasteiger partial charge in [0, 0.05) is 23.4 Å². The Kier molecular flexibility index (Phi) is 18.5. The molecule has 2 atom stereocenters. The summed E-state index contributed by atoms with van der Waals surface area (Å²) in [6.45, 7) is 6.96. The van der Waals surface area contributed by atoms with Gasteiger partial charge in [-0.3, -0.25) is 9.59 Å². The van der Waals surface area contributed by atoms with Crippen LogP contribution in [0.4, 0.5) is 5.69 Å². The lowest BCUT2D eigenvalue weighted by Crippen LogP contribution is -2.24. The van der Waals surface area contributed by atoms with Crippen LogP contribution < -0.4 is 10.6 Å². The number of thioether (sulfide) groups is 1. The molecule has 6 nitrogen and oxygen atoms in total. The van der Waals surface area contributed by atoms with E-state index in [9.17, 15) is 19.8 Å². The Hall–Kier alpha value is -1.57. The lowest BCUT2D eigenvalue weighted by molar-refractivity contribution is -0.116. The molecule has 7 heteroatoms. The molecule has 206 valence electrons. The molecule has 0 saturated heterocycles. The molecule has 1 rings (SSSR count). The minimum absolute atomic E-state index is 0.102. The van der Waals surface area contributed by atoms with Crippen molar-refractivity contribution >= 4 is 29.3 Å². The summed E-state index contributed by atoms with van der Waals surface area (Å²) >= 11 is 1.63. The van der Waals surface area contributed by atoms with Crippen LogP contribution in [0.15, 0.2) is 23.1 Å². The van der Waals surface area contributed by atoms with Gasteiger partial charge in [-0.1, -0.05) is 65.7 Å². The molecule has 0 bridgehead atoms. The molecule has 0 aromatic heterocycles. The minimum Gasteiger partial charge on any atom is -0.393 e. The Labute approximate surface area is 223 Å². The maximum absolute atomic E-state index is 12.6. The van der Waals surface area contributed by atoms with E-state index in [4.69, 9.17) is 0 Å². The van der Waals surface area contributed by atoms with E-state index in [1.807, 2.05) is 6.07 Å². The molecule has 2 unspecified atom stereocenters. The highest BCUT2D eigenvalue weighted by molar-refractivity contribution is 7.99. The Morgan fingerprint density at radius 2 is 1.44 bits per heavy atom. The molecule has 1 aromatic carbocycles. The molecule has 4 N–H and O–H groups in total. The van der Waals surface area contributed by atoms with Crippen LogP contribution in [0.2, 0.25) is 0 Å². The summed E-state index contributed by atoms with van der Waals surface area (Å²) in [5, 5.41) is 26.2. The number of amides is 2.